The molecule has 3 N–H and O–H groups in total. The molecule has 0 bridgehead atoms. The minimum Gasteiger partial charge on any atom is -0.398 e. The van der Waals surface area contributed by atoms with Gasteiger partial charge in [-0.15, -0.1) is 0 Å². The summed E-state index contributed by atoms with van der Waals surface area (Å²) in [4.78, 5) is 2.01. The van der Waals surface area contributed by atoms with Crippen molar-refractivity contribution in [1.82, 2.24) is 4.90 Å². The molecule has 1 atom stereocenters. The lowest BCUT2D eigenvalue weighted by Gasteiger charge is -2.18. The Morgan fingerprint density at radius 2 is 2.19 bits per heavy atom. The molecule has 0 aromatic heterocycles. The fourth-order valence-corrected chi connectivity index (χ4v) is 1.49. The Kier molecular flexibility index (Phi) is 4.71. The Balaban J connectivity index is 2.55. The highest BCUT2D eigenvalue weighted by atomic mass is 19.1. The summed E-state index contributed by atoms with van der Waals surface area (Å²) in [5, 5.41) is 9.15. The van der Waals surface area contributed by atoms with Crippen LogP contribution in [0.5, 0.6) is 0 Å². The molecule has 0 fully saturated rings. The van der Waals surface area contributed by atoms with Crippen LogP contribution >= 0.6 is 0 Å². The van der Waals surface area contributed by atoms with E-state index in [4.69, 9.17) is 10.8 Å². The van der Waals surface area contributed by atoms with Crippen molar-refractivity contribution in [2.24, 2.45) is 0 Å². The minimum absolute atomic E-state index is 0.270. The Hall–Kier alpha value is -1.13. The van der Waals surface area contributed by atoms with Crippen LogP contribution in [-0.4, -0.2) is 29.7 Å². The average Bonchev–Trinajstić information content (AvgIpc) is 2.20. The number of nitrogen functional groups attached to an aromatic ring is 1. The zero-order chi connectivity index (χ0) is 12.1. The number of hydrogen-bond donors (Lipinski definition) is 2. The predicted molar refractivity (Wildman–Crippen MR) is 63.4 cm³/mol. The first-order valence-corrected chi connectivity index (χ1v) is 5.39. The van der Waals surface area contributed by atoms with E-state index in [1.807, 2.05) is 11.9 Å². The van der Waals surface area contributed by atoms with Gasteiger partial charge >= 0.3 is 0 Å². The predicted octanol–water partition coefficient (Wildman–Crippen LogP) is 1.61. The van der Waals surface area contributed by atoms with E-state index >= 15 is 0 Å². The van der Waals surface area contributed by atoms with Crippen molar-refractivity contribution in [1.29, 1.82) is 0 Å². The summed E-state index contributed by atoms with van der Waals surface area (Å²) in [6.07, 6.45) is 0.387. The van der Waals surface area contributed by atoms with Crippen LogP contribution in [0, 0.1) is 5.82 Å². The average molecular weight is 226 g/mol. The first-order valence-electron chi connectivity index (χ1n) is 5.39. The van der Waals surface area contributed by atoms with E-state index in [9.17, 15) is 4.39 Å². The summed E-state index contributed by atoms with van der Waals surface area (Å²) in [7, 11) is 1.92. The number of anilines is 1. The van der Waals surface area contributed by atoms with Crippen LogP contribution in [0.3, 0.4) is 0 Å². The van der Waals surface area contributed by atoms with Crippen molar-refractivity contribution < 1.29 is 9.50 Å². The molecule has 0 heterocycles. The summed E-state index contributed by atoms with van der Waals surface area (Å²) in [5.41, 5.74) is 7.14. The van der Waals surface area contributed by atoms with Crippen molar-refractivity contribution in [3.63, 3.8) is 0 Å². The van der Waals surface area contributed by atoms with E-state index in [0.29, 0.717) is 18.7 Å². The highest BCUT2D eigenvalue weighted by molar-refractivity contribution is 5.46. The van der Waals surface area contributed by atoms with Crippen LogP contribution in [0.1, 0.15) is 18.9 Å². The summed E-state index contributed by atoms with van der Waals surface area (Å²) >= 11 is 0. The molecule has 3 nitrogen and oxygen atoms in total. The maximum Gasteiger partial charge on any atom is 0.123 e. The number of nitrogens with zero attached hydrogens (tertiary/aromatic N) is 1. The quantitative estimate of drug-likeness (QED) is 0.750. The molecular weight excluding hydrogens is 207 g/mol. The number of benzene rings is 1. The van der Waals surface area contributed by atoms with Crippen LogP contribution in [0.4, 0.5) is 10.1 Å². The molecule has 0 radical (unpaired) electrons. The Labute approximate surface area is 95.7 Å². The fourth-order valence-electron chi connectivity index (χ4n) is 1.49. The lowest BCUT2D eigenvalue weighted by molar-refractivity contribution is 0.163. The van der Waals surface area contributed by atoms with Gasteiger partial charge in [0.25, 0.3) is 0 Å². The Bertz CT molecular complexity index is 342. The molecule has 0 amide bonds. The molecule has 1 rings (SSSR count). The maximum atomic E-state index is 13.0. The Morgan fingerprint density at radius 1 is 1.50 bits per heavy atom. The molecule has 0 spiro atoms. The molecule has 0 saturated carbocycles. The molecular formula is C12H19FN2O. The Morgan fingerprint density at radius 3 is 2.81 bits per heavy atom. The minimum atomic E-state index is -0.313. The van der Waals surface area contributed by atoms with Gasteiger partial charge in [0.2, 0.25) is 0 Å². The van der Waals surface area contributed by atoms with E-state index < -0.39 is 0 Å². The second-order valence-electron chi connectivity index (χ2n) is 4.22. The van der Waals surface area contributed by atoms with Gasteiger partial charge in [0.15, 0.2) is 0 Å². The van der Waals surface area contributed by atoms with E-state index in [2.05, 4.69) is 0 Å². The van der Waals surface area contributed by atoms with Gasteiger partial charge < -0.3 is 15.7 Å². The third-order valence-electron chi connectivity index (χ3n) is 2.47. The third-order valence-corrected chi connectivity index (χ3v) is 2.47. The SMILES string of the molecule is CC(O)CCN(C)Cc1cc(F)ccc1N. The van der Waals surface area contributed by atoms with Crippen LogP contribution in [0.15, 0.2) is 18.2 Å². The summed E-state index contributed by atoms with van der Waals surface area (Å²) in [6, 6.07) is 4.38. The topological polar surface area (TPSA) is 49.5 Å². The van der Waals surface area contributed by atoms with Crippen molar-refractivity contribution >= 4 is 5.69 Å². The lowest BCUT2D eigenvalue weighted by atomic mass is 10.1. The highest BCUT2D eigenvalue weighted by Gasteiger charge is 2.06. The number of halogens is 1. The van der Waals surface area contributed by atoms with Crippen LogP contribution in [-0.2, 0) is 6.54 Å². The largest absolute Gasteiger partial charge is 0.398 e. The van der Waals surface area contributed by atoms with E-state index in [0.717, 1.165) is 12.1 Å². The summed E-state index contributed by atoms with van der Waals surface area (Å²) < 4.78 is 13.0. The number of nitrogens with two attached hydrogens (primary N) is 1. The van der Waals surface area contributed by atoms with E-state index in [1.54, 1.807) is 13.0 Å². The second kappa shape index (κ2) is 5.82. The van der Waals surface area contributed by atoms with Crippen molar-refractivity contribution in [2.45, 2.75) is 26.0 Å². The van der Waals surface area contributed by atoms with Gasteiger partial charge in [0.1, 0.15) is 5.82 Å². The van der Waals surface area contributed by atoms with Gasteiger partial charge in [-0.2, -0.15) is 0 Å². The van der Waals surface area contributed by atoms with Gasteiger partial charge in [-0.3, -0.25) is 0 Å². The van der Waals surface area contributed by atoms with Crippen LogP contribution < -0.4 is 5.73 Å². The third kappa shape index (κ3) is 4.16. The molecule has 0 aliphatic heterocycles. The molecule has 1 aromatic rings. The van der Waals surface area contributed by atoms with E-state index in [-0.39, 0.29) is 11.9 Å². The van der Waals surface area contributed by atoms with Gasteiger partial charge in [-0.25, -0.2) is 4.39 Å². The number of rotatable bonds is 5. The lowest BCUT2D eigenvalue weighted by Crippen LogP contribution is -2.22. The molecule has 0 saturated heterocycles. The number of aliphatic hydroxyl groups is 1. The molecule has 16 heavy (non-hydrogen) atoms. The molecule has 0 aliphatic carbocycles. The van der Waals surface area contributed by atoms with Crippen molar-refractivity contribution in [2.75, 3.05) is 19.3 Å². The van der Waals surface area contributed by atoms with Crippen molar-refractivity contribution in [3.05, 3.63) is 29.6 Å². The zero-order valence-corrected chi connectivity index (χ0v) is 9.78. The fraction of sp³-hybridized carbons (Fsp3) is 0.500. The van der Waals surface area contributed by atoms with E-state index in [1.165, 1.54) is 12.1 Å². The second-order valence-corrected chi connectivity index (χ2v) is 4.22. The molecule has 1 aromatic carbocycles. The first kappa shape index (κ1) is 12.9. The van der Waals surface area contributed by atoms with Gasteiger partial charge in [-0.05, 0) is 44.2 Å². The molecule has 0 aliphatic rings. The normalized spacial score (nSPS) is 13.1. The molecule has 1 unspecified atom stereocenters. The van der Waals surface area contributed by atoms with Gasteiger partial charge in [0.05, 0.1) is 6.10 Å². The van der Waals surface area contributed by atoms with Gasteiger partial charge in [0, 0.05) is 18.8 Å². The zero-order valence-electron chi connectivity index (χ0n) is 9.78. The number of aliphatic hydroxyl groups excluding tert-OH is 1. The molecule has 4 heteroatoms. The summed E-state index contributed by atoms with van der Waals surface area (Å²) in [5.74, 6) is -0.270. The van der Waals surface area contributed by atoms with Crippen LogP contribution in [0.2, 0.25) is 0 Å². The van der Waals surface area contributed by atoms with Crippen molar-refractivity contribution in [3.8, 4) is 0 Å². The monoisotopic (exact) mass is 226 g/mol. The molecule has 90 valence electrons. The standard InChI is InChI=1S/C12H19FN2O/c1-9(16)5-6-15(2)8-10-7-11(13)3-4-12(10)14/h3-4,7,9,16H,5-6,8,14H2,1-2H3. The smallest absolute Gasteiger partial charge is 0.123 e. The first-order chi connectivity index (χ1) is 7.49. The highest BCUT2D eigenvalue weighted by Crippen LogP contribution is 2.15. The number of hydrogen-bond acceptors (Lipinski definition) is 3. The van der Waals surface area contributed by atoms with Crippen LogP contribution in [0.25, 0.3) is 0 Å². The van der Waals surface area contributed by atoms with Gasteiger partial charge in [-0.1, -0.05) is 0 Å². The summed E-state index contributed by atoms with van der Waals surface area (Å²) in [6.45, 7) is 3.11. The maximum absolute atomic E-state index is 13.0.